The van der Waals surface area contributed by atoms with Gasteiger partial charge in [-0.1, -0.05) is 47.5 Å². The maximum atomic E-state index is 14.6. The Morgan fingerprint density at radius 1 is 0.933 bits per heavy atom. The summed E-state index contributed by atoms with van der Waals surface area (Å²) in [6.45, 7) is 5.70. The van der Waals surface area contributed by atoms with Gasteiger partial charge >= 0.3 is 12.2 Å². The molecule has 2 aliphatic rings. The van der Waals surface area contributed by atoms with Gasteiger partial charge in [-0.25, -0.2) is 4.79 Å². The molecular weight excluding hydrogens is 628 g/mol. The van der Waals surface area contributed by atoms with Crippen LogP contribution in [0.25, 0.3) is 0 Å². The van der Waals surface area contributed by atoms with Gasteiger partial charge in [0.1, 0.15) is 17.6 Å². The first kappa shape index (κ1) is 33.1. The predicted molar refractivity (Wildman–Crippen MR) is 169 cm³/mol. The third-order valence-corrected chi connectivity index (χ3v) is 8.52. The zero-order valence-corrected chi connectivity index (χ0v) is 26.6. The summed E-state index contributed by atoms with van der Waals surface area (Å²) in [6, 6.07) is 16.2. The van der Waals surface area contributed by atoms with Crippen molar-refractivity contribution in [3.05, 3.63) is 99.0 Å². The Bertz CT molecular complexity index is 1490. The molecule has 7 nitrogen and oxygen atoms in total. The topological polar surface area (TPSA) is 57.6 Å². The molecule has 2 aliphatic heterocycles. The molecule has 45 heavy (non-hydrogen) atoms. The van der Waals surface area contributed by atoms with Crippen LogP contribution < -0.4 is 4.74 Å². The van der Waals surface area contributed by atoms with E-state index in [0.29, 0.717) is 48.4 Å². The predicted octanol–water partition coefficient (Wildman–Crippen LogP) is 7.73. The zero-order valence-electron chi connectivity index (χ0n) is 25.1. The summed E-state index contributed by atoms with van der Waals surface area (Å²) >= 11 is 12.5. The SMILES string of the molecule is CCOc1cc(C(F)(F)F)ccc1C1=NC(c2ccc(Cl)cc2)C(c2ccc(Cl)cc2)N1C(=O)N1CCN(CCCOC)CC1. The maximum absolute atomic E-state index is 14.6. The summed E-state index contributed by atoms with van der Waals surface area (Å²) < 4.78 is 52.1. The number of methoxy groups -OCH3 is 1. The number of aliphatic imine (C=N–C) groups is 1. The van der Waals surface area contributed by atoms with E-state index in [0.717, 1.165) is 36.2 Å². The molecule has 2 atom stereocenters. The first-order valence-electron chi connectivity index (χ1n) is 14.8. The number of urea groups is 1. The van der Waals surface area contributed by atoms with E-state index in [1.807, 2.05) is 24.3 Å². The summed E-state index contributed by atoms with van der Waals surface area (Å²) in [5.41, 5.74) is 1.01. The molecule has 1 fully saturated rings. The van der Waals surface area contributed by atoms with Crippen LogP contribution in [0.15, 0.2) is 71.7 Å². The highest BCUT2D eigenvalue weighted by molar-refractivity contribution is 6.30. The highest BCUT2D eigenvalue weighted by atomic mass is 35.5. The highest BCUT2D eigenvalue weighted by Crippen LogP contribution is 2.46. The van der Waals surface area contributed by atoms with Crippen LogP contribution in [0.3, 0.4) is 0 Å². The van der Waals surface area contributed by atoms with Gasteiger partial charge in [0.25, 0.3) is 0 Å². The quantitative estimate of drug-likeness (QED) is 0.220. The number of benzene rings is 3. The fourth-order valence-corrected chi connectivity index (χ4v) is 6.01. The summed E-state index contributed by atoms with van der Waals surface area (Å²) in [5, 5.41) is 1.08. The molecule has 12 heteroatoms. The molecule has 2 heterocycles. The molecule has 0 radical (unpaired) electrons. The average molecular weight is 664 g/mol. The second-order valence-corrected chi connectivity index (χ2v) is 11.8. The highest BCUT2D eigenvalue weighted by Gasteiger charge is 2.45. The minimum Gasteiger partial charge on any atom is -0.493 e. The van der Waals surface area contributed by atoms with E-state index < -0.39 is 23.8 Å². The molecule has 3 aromatic rings. The lowest BCUT2D eigenvalue weighted by Gasteiger charge is -2.39. The Morgan fingerprint density at radius 2 is 1.56 bits per heavy atom. The second kappa shape index (κ2) is 14.4. The second-order valence-electron chi connectivity index (χ2n) is 10.9. The first-order valence-corrected chi connectivity index (χ1v) is 15.6. The molecule has 0 saturated carbocycles. The normalized spacial score (nSPS) is 19.1. The number of ether oxygens (including phenoxy) is 2. The van der Waals surface area contributed by atoms with Crippen LogP contribution >= 0.6 is 23.2 Å². The van der Waals surface area contributed by atoms with Crippen LogP contribution in [0.1, 0.15) is 47.7 Å². The van der Waals surface area contributed by atoms with Gasteiger partial charge in [-0.3, -0.25) is 14.8 Å². The number of halogens is 5. The van der Waals surface area contributed by atoms with Crippen molar-refractivity contribution in [1.29, 1.82) is 0 Å². The molecule has 0 aromatic heterocycles. The van der Waals surface area contributed by atoms with Crippen LogP contribution in [-0.2, 0) is 10.9 Å². The number of amidine groups is 1. The summed E-state index contributed by atoms with van der Waals surface area (Å²) in [4.78, 5) is 25.3. The van der Waals surface area contributed by atoms with Gasteiger partial charge in [0.05, 0.1) is 23.8 Å². The molecule has 2 unspecified atom stereocenters. The van der Waals surface area contributed by atoms with Gasteiger partial charge in [0, 0.05) is 56.5 Å². The standard InChI is InChI=1S/C33H35Cl2F3N4O3/c1-3-45-28-21-24(33(36,37)38)9-14-27(28)31-39-29(22-5-10-25(34)11-6-22)30(23-7-12-26(35)13-8-23)42(31)32(43)41-18-16-40(17-19-41)15-4-20-44-2/h5-14,21,29-30H,3-4,15-20H2,1-2H3. The van der Waals surface area contributed by atoms with Crippen LogP contribution in [0.5, 0.6) is 5.75 Å². The van der Waals surface area contributed by atoms with Crippen molar-refractivity contribution in [2.24, 2.45) is 4.99 Å². The van der Waals surface area contributed by atoms with Gasteiger partial charge in [0.2, 0.25) is 0 Å². The maximum Gasteiger partial charge on any atom is 0.416 e. The van der Waals surface area contributed by atoms with E-state index in [2.05, 4.69) is 4.90 Å². The van der Waals surface area contributed by atoms with Gasteiger partial charge in [0.15, 0.2) is 0 Å². The van der Waals surface area contributed by atoms with E-state index in [9.17, 15) is 18.0 Å². The number of amides is 2. The summed E-state index contributed by atoms with van der Waals surface area (Å²) in [7, 11) is 1.67. The van der Waals surface area contributed by atoms with E-state index in [4.69, 9.17) is 37.7 Å². The number of carbonyl (C=O) groups is 1. The first-order chi connectivity index (χ1) is 21.6. The zero-order chi connectivity index (χ0) is 32.1. The van der Waals surface area contributed by atoms with E-state index in [-0.39, 0.29) is 24.2 Å². The van der Waals surface area contributed by atoms with Crippen molar-refractivity contribution < 1.29 is 27.4 Å². The minimum absolute atomic E-state index is 0.00144. The Labute approximate surface area is 271 Å². The number of nitrogens with zero attached hydrogens (tertiary/aromatic N) is 4. The number of piperazine rings is 1. The number of alkyl halides is 3. The van der Waals surface area contributed by atoms with Crippen molar-refractivity contribution in [2.45, 2.75) is 31.6 Å². The van der Waals surface area contributed by atoms with Crippen molar-refractivity contribution >= 4 is 35.1 Å². The van der Waals surface area contributed by atoms with Crippen LogP contribution in [0, 0.1) is 0 Å². The number of carbonyl (C=O) groups excluding carboxylic acids is 1. The fraction of sp³-hybridized carbons (Fsp3) is 0.394. The van der Waals surface area contributed by atoms with Crippen molar-refractivity contribution in [3.63, 3.8) is 0 Å². The molecule has 240 valence electrons. The van der Waals surface area contributed by atoms with Gasteiger partial charge < -0.3 is 14.4 Å². The average Bonchev–Trinajstić information content (AvgIpc) is 3.42. The molecular formula is C33H35Cl2F3N4O3. The molecule has 2 amide bonds. The summed E-state index contributed by atoms with van der Waals surface area (Å²) in [5.74, 6) is 0.234. The number of hydrogen-bond acceptors (Lipinski definition) is 5. The largest absolute Gasteiger partial charge is 0.493 e. The molecule has 1 saturated heterocycles. The van der Waals surface area contributed by atoms with Crippen LogP contribution in [0.2, 0.25) is 10.0 Å². The van der Waals surface area contributed by atoms with Crippen molar-refractivity contribution in [3.8, 4) is 5.75 Å². The van der Waals surface area contributed by atoms with Crippen LogP contribution in [0.4, 0.5) is 18.0 Å². The van der Waals surface area contributed by atoms with E-state index >= 15 is 0 Å². The van der Waals surface area contributed by atoms with Gasteiger partial charge in [-0.05, 0) is 66.9 Å². The monoisotopic (exact) mass is 662 g/mol. The lowest BCUT2D eigenvalue weighted by Crippen LogP contribution is -2.54. The molecule has 0 aliphatic carbocycles. The Kier molecular flexibility index (Phi) is 10.6. The smallest absolute Gasteiger partial charge is 0.416 e. The Morgan fingerprint density at radius 3 is 2.13 bits per heavy atom. The number of hydrogen-bond donors (Lipinski definition) is 0. The van der Waals surface area contributed by atoms with E-state index in [1.54, 1.807) is 48.1 Å². The third kappa shape index (κ3) is 7.57. The Hall–Kier alpha value is -3.31. The molecule has 5 rings (SSSR count). The molecule has 0 spiro atoms. The molecule has 3 aromatic carbocycles. The number of rotatable bonds is 9. The van der Waals surface area contributed by atoms with Gasteiger partial charge in [-0.15, -0.1) is 0 Å². The third-order valence-electron chi connectivity index (χ3n) is 8.01. The van der Waals surface area contributed by atoms with E-state index in [1.165, 1.54) is 6.07 Å². The van der Waals surface area contributed by atoms with Crippen LogP contribution in [-0.4, -0.2) is 79.6 Å². The molecule has 0 N–H and O–H groups in total. The van der Waals surface area contributed by atoms with Crippen molar-refractivity contribution in [2.75, 3.05) is 53.0 Å². The van der Waals surface area contributed by atoms with Gasteiger partial charge in [-0.2, -0.15) is 13.2 Å². The Balaban J connectivity index is 1.60. The lowest BCUT2D eigenvalue weighted by molar-refractivity contribution is -0.137. The molecule has 0 bridgehead atoms. The minimum atomic E-state index is -4.57. The summed E-state index contributed by atoms with van der Waals surface area (Å²) in [6.07, 6.45) is -3.68. The van der Waals surface area contributed by atoms with Crippen molar-refractivity contribution in [1.82, 2.24) is 14.7 Å². The fourth-order valence-electron chi connectivity index (χ4n) is 5.76. The lowest BCUT2D eigenvalue weighted by atomic mass is 9.93.